The Kier molecular flexibility index (Phi) is 2.27. The third-order valence-corrected chi connectivity index (χ3v) is 2.00. The van der Waals surface area contributed by atoms with Gasteiger partial charge in [-0.15, -0.1) is 0 Å². The fourth-order valence-electron chi connectivity index (χ4n) is 1.19. The third kappa shape index (κ3) is 1.58. The van der Waals surface area contributed by atoms with Crippen molar-refractivity contribution in [2.24, 2.45) is 0 Å². The monoisotopic (exact) mass is 160 g/mol. The Morgan fingerprint density at radius 2 is 2.45 bits per heavy atom. The first-order valence-corrected chi connectivity index (χ1v) is 3.58. The van der Waals surface area contributed by atoms with Crippen molar-refractivity contribution in [1.29, 1.82) is 0 Å². The molecule has 0 aromatic carbocycles. The maximum absolute atomic E-state index is 11.0. The molecule has 1 heterocycles. The number of hydrogen-bond donors (Lipinski definition) is 2. The Hall–Kier alpha value is -0.450. The number of rotatable bonds is 2. The third-order valence-electron chi connectivity index (χ3n) is 2.00. The van der Waals surface area contributed by atoms with Crippen LogP contribution in [0.15, 0.2) is 0 Å². The van der Waals surface area contributed by atoms with Gasteiger partial charge in [-0.2, -0.15) is 0 Å². The summed E-state index contributed by atoms with van der Waals surface area (Å²) in [7, 11) is 0. The summed E-state index contributed by atoms with van der Waals surface area (Å²) in [6.07, 6.45) is 0.0889. The summed E-state index contributed by atoms with van der Waals surface area (Å²) >= 11 is 0. The summed E-state index contributed by atoms with van der Waals surface area (Å²) in [5.74, 6) is -0.367. The Morgan fingerprint density at radius 3 is 2.82 bits per heavy atom. The van der Waals surface area contributed by atoms with Crippen LogP contribution in [-0.4, -0.2) is 34.5 Å². The predicted octanol–water partition coefficient (Wildman–Crippen LogP) is -0.565. The topological polar surface area (TPSA) is 66.8 Å². The van der Waals surface area contributed by atoms with Crippen LogP contribution in [0.2, 0.25) is 0 Å². The highest BCUT2D eigenvalue weighted by Crippen LogP contribution is 2.29. The van der Waals surface area contributed by atoms with Gasteiger partial charge in [0.05, 0.1) is 0 Å². The summed E-state index contributed by atoms with van der Waals surface area (Å²) in [5, 5.41) is 17.5. The van der Waals surface area contributed by atoms with Gasteiger partial charge in [-0.1, -0.05) is 0 Å². The lowest BCUT2D eigenvalue weighted by molar-refractivity contribution is -0.162. The minimum atomic E-state index is -0.964. The lowest BCUT2D eigenvalue weighted by atomic mass is 9.98. The zero-order valence-electron chi connectivity index (χ0n) is 6.41. The Balaban J connectivity index is 2.61. The van der Waals surface area contributed by atoms with Gasteiger partial charge in [0, 0.05) is 6.42 Å². The molecule has 0 radical (unpaired) electrons. The van der Waals surface area contributed by atoms with Crippen LogP contribution in [-0.2, 0) is 9.53 Å². The Labute approximate surface area is 64.8 Å². The van der Waals surface area contributed by atoms with Gasteiger partial charge in [0.2, 0.25) is 0 Å². The van der Waals surface area contributed by atoms with Gasteiger partial charge in [-0.05, 0) is 13.3 Å². The van der Waals surface area contributed by atoms with Gasteiger partial charge in [-0.25, -0.2) is 0 Å². The van der Waals surface area contributed by atoms with Gasteiger partial charge < -0.3 is 14.9 Å². The number of carbonyl (C=O) groups excluding carboxylic acids is 1. The normalized spacial score (nSPS) is 37.5. The SMILES string of the molecule is CC1(C(=O)CO)CCC(O)O1. The van der Waals surface area contributed by atoms with E-state index in [2.05, 4.69) is 0 Å². The summed E-state index contributed by atoms with van der Waals surface area (Å²) < 4.78 is 4.95. The molecular weight excluding hydrogens is 148 g/mol. The first-order chi connectivity index (χ1) is 5.08. The van der Waals surface area contributed by atoms with Crippen molar-refractivity contribution in [3.05, 3.63) is 0 Å². The summed E-state index contributed by atoms with van der Waals surface area (Å²) in [6, 6.07) is 0. The Morgan fingerprint density at radius 1 is 1.82 bits per heavy atom. The highest BCUT2D eigenvalue weighted by molar-refractivity contribution is 5.88. The molecule has 1 rings (SSSR count). The minimum Gasteiger partial charge on any atom is -0.388 e. The summed E-state index contributed by atoms with van der Waals surface area (Å²) in [5.41, 5.74) is -0.964. The molecule has 0 aliphatic carbocycles. The lowest BCUT2D eigenvalue weighted by Gasteiger charge is -2.20. The predicted molar refractivity (Wildman–Crippen MR) is 36.8 cm³/mol. The van der Waals surface area contributed by atoms with Crippen LogP contribution < -0.4 is 0 Å². The minimum absolute atomic E-state index is 0.367. The average molecular weight is 160 g/mol. The molecule has 0 saturated carbocycles. The lowest BCUT2D eigenvalue weighted by Crippen LogP contribution is -2.37. The van der Waals surface area contributed by atoms with Crippen molar-refractivity contribution < 1.29 is 19.7 Å². The van der Waals surface area contributed by atoms with E-state index in [0.29, 0.717) is 12.8 Å². The first-order valence-electron chi connectivity index (χ1n) is 3.58. The molecule has 0 bridgehead atoms. The van der Waals surface area contributed by atoms with Crippen molar-refractivity contribution >= 4 is 5.78 Å². The second-order valence-electron chi connectivity index (χ2n) is 2.92. The maximum Gasteiger partial charge on any atom is 0.189 e. The van der Waals surface area contributed by atoms with Crippen molar-refractivity contribution in [1.82, 2.24) is 0 Å². The van der Waals surface area contributed by atoms with Crippen LogP contribution >= 0.6 is 0 Å². The van der Waals surface area contributed by atoms with Crippen LogP contribution in [0.3, 0.4) is 0 Å². The molecule has 2 atom stereocenters. The molecule has 64 valence electrons. The largest absolute Gasteiger partial charge is 0.388 e. The highest BCUT2D eigenvalue weighted by atomic mass is 16.6. The molecular formula is C7H12O4. The molecule has 2 N–H and O–H groups in total. The van der Waals surface area contributed by atoms with E-state index in [1.807, 2.05) is 0 Å². The molecule has 1 fully saturated rings. The second-order valence-corrected chi connectivity index (χ2v) is 2.92. The molecule has 0 aromatic rings. The van der Waals surface area contributed by atoms with E-state index in [9.17, 15) is 4.79 Å². The van der Waals surface area contributed by atoms with E-state index in [1.165, 1.54) is 0 Å². The summed E-state index contributed by atoms with van der Waals surface area (Å²) in [6.45, 7) is 1.06. The first kappa shape index (κ1) is 8.64. The van der Waals surface area contributed by atoms with Crippen molar-refractivity contribution in [3.8, 4) is 0 Å². The van der Waals surface area contributed by atoms with Gasteiger partial charge in [-0.3, -0.25) is 4.79 Å². The van der Waals surface area contributed by atoms with Gasteiger partial charge in [0.1, 0.15) is 12.2 Å². The maximum atomic E-state index is 11.0. The van der Waals surface area contributed by atoms with E-state index >= 15 is 0 Å². The summed E-state index contributed by atoms with van der Waals surface area (Å²) in [4.78, 5) is 11.0. The second kappa shape index (κ2) is 2.89. The van der Waals surface area contributed by atoms with E-state index in [4.69, 9.17) is 14.9 Å². The fourth-order valence-corrected chi connectivity index (χ4v) is 1.19. The highest BCUT2D eigenvalue weighted by Gasteiger charge is 2.40. The van der Waals surface area contributed by atoms with Crippen LogP contribution in [0.25, 0.3) is 0 Å². The molecule has 4 nitrogen and oxygen atoms in total. The number of ketones is 1. The van der Waals surface area contributed by atoms with E-state index in [-0.39, 0.29) is 5.78 Å². The van der Waals surface area contributed by atoms with E-state index < -0.39 is 18.5 Å². The number of hydrogen-bond acceptors (Lipinski definition) is 4. The van der Waals surface area contributed by atoms with Gasteiger partial charge in [0.15, 0.2) is 12.1 Å². The molecule has 1 aliphatic rings. The molecule has 0 aromatic heterocycles. The number of aliphatic hydroxyl groups excluding tert-OH is 2. The van der Waals surface area contributed by atoms with E-state index in [0.717, 1.165) is 0 Å². The molecule has 4 heteroatoms. The van der Waals surface area contributed by atoms with Crippen LogP contribution in [0.4, 0.5) is 0 Å². The smallest absolute Gasteiger partial charge is 0.189 e. The van der Waals surface area contributed by atoms with Crippen LogP contribution in [0.1, 0.15) is 19.8 Å². The van der Waals surface area contributed by atoms with Gasteiger partial charge >= 0.3 is 0 Å². The molecule has 1 saturated heterocycles. The zero-order valence-corrected chi connectivity index (χ0v) is 6.41. The van der Waals surface area contributed by atoms with Crippen LogP contribution in [0.5, 0.6) is 0 Å². The average Bonchev–Trinajstić information content (AvgIpc) is 2.31. The number of Topliss-reactive ketones (excluding diaryl/α,β-unsaturated/α-hetero) is 1. The van der Waals surface area contributed by atoms with Crippen molar-refractivity contribution in [2.75, 3.05) is 6.61 Å². The van der Waals surface area contributed by atoms with Gasteiger partial charge in [0.25, 0.3) is 0 Å². The number of aliphatic hydroxyl groups is 2. The quantitative estimate of drug-likeness (QED) is 0.568. The molecule has 11 heavy (non-hydrogen) atoms. The molecule has 2 unspecified atom stereocenters. The van der Waals surface area contributed by atoms with E-state index in [1.54, 1.807) is 6.92 Å². The molecule has 0 spiro atoms. The standard InChI is InChI=1S/C7H12O4/c1-7(5(9)4-8)3-2-6(10)11-7/h6,8,10H,2-4H2,1H3. The van der Waals surface area contributed by atoms with Crippen molar-refractivity contribution in [2.45, 2.75) is 31.7 Å². The van der Waals surface area contributed by atoms with Crippen LogP contribution in [0, 0.1) is 0 Å². The molecule has 1 aliphatic heterocycles. The number of ether oxygens (including phenoxy) is 1. The van der Waals surface area contributed by atoms with Crippen molar-refractivity contribution in [3.63, 3.8) is 0 Å². The zero-order chi connectivity index (χ0) is 8.48. The number of carbonyl (C=O) groups is 1. The fraction of sp³-hybridized carbons (Fsp3) is 0.857. The molecule has 0 amide bonds. The Bertz CT molecular complexity index is 168.